The van der Waals surface area contributed by atoms with Gasteiger partial charge in [-0.15, -0.1) is 11.3 Å². The summed E-state index contributed by atoms with van der Waals surface area (Å²) in [6.45, 7) is 6.15. The second-order valence-corrected chi connectivity index (χ2v) is 5.71. The van der Waals surface area contributed by atoms with Gasteiger partial charge in [0.25, 0.3) is 0 Å². The average molecular weight is 262 g/mol. The summed E-state index contributed by atoms with van der Waals surface area (Å²) in [5.74, 6) is 0.132. The molecular weight excluding hydrogens is 244 g/mol. The number of hydrogen-bond acceptors (Lipinski definition) is 3. The van der Waals surface area contributed by atoms with Gasteiger partial charge in [-0.05, 0) is 43.2 Å². The minimum atomic E-state index is -0.697. The van der Waals surface area contributed by atoms with Crippen molar-refractivity contribution in [2.24, 2.45) is 0 Å². The van der Waals surface area contributed by atoms with Crippen LogP contribution in [-0.4, -0.2) is 18.0 Å². The van der Waals surface area contributed by atoms with Gasteiger partial charge in [-0.25, -0.2) is 0 Å². The normalized spacial score (nSPS) is 11.9. The third kappa shape index (κ3) is 2.62. The molecule has 0 bridgehead atoms. The highest BCUT2D eigenvalue weighted by atomic mass is 32.1. The number of ether oxygens (including phenoxy) is 1. The maximum atomic E-state index is 12.2. The zero-order valence-electron chi connectivity index (χ0n) is 11.0. The molecule has 0 aliphatic heterocycles. The van der Waals surface area contributed by atoms with E-state index in [9.17, 15) is 4.79 Å². The first kappa shape index (κ1) is 13.2. The molecule has 0 radical (unpaired) electrons. The molecule has 0 atom stereocenters. The summed E-state index contributed by atoms with van der Waals surface area (Å²) in [5.41, 5.74) is 0.408. The van der Waals surface area contributed by atoms with E-state index >= 15 is 0 Å². The Morgan fingerprint density at radius 2 is 2.06 bits per heavy atom. The topological polar surface area (TPSA) is 26.3 Å². The largest absolute Gasteiger partial charge is 0.368 e. The van der Waals surface area contributed by atoms with Gasteiger partial charge in [0.15, 0.2) is 5.78 Å². The Morgan fingerprint density at radius 3 is 2.78 bits per heavy atom. The Kier molecular flexibility index (Phi) is 3.83. The molecule has 18 heavy (non-hydrogen) atoms. The molecule has 0 spiro atoms. The van der Waals surface area contributed by atoms with Crippen molar-refractivity contribution < 1.29 is 9.53 Å². The van der Waals surface area contributed by atoms with Gasteiger partial charge in [0.2, 0.25) is 0 Å². The van der Waals surface area contributed by atoms with Crippen molar-refractivity contribution in [3.05, 3.63) is 35.2 Å². The molecule has 1 heterocycles. The molecule has 2 rings (SSSR count). The average Bonchev–Trinajstić information content (AvgIpc) is 2.73. The number of benzene rings is 1. The summed E-state index contributed by atoms with van der Waals surface area (Å²) in [7, 11) is 0. The first-order valence-corrected chi connectivity index (χ1v) is 7.05. The lowest BCUT2D eigenvalue weighted by Crippen LogP contribution is -2.36. The van der Waals surface area contributed by atoms with E-state index in [2.05, 4.69) is 17.5 Å². The fraction of sp³-hybridized carbons (Fsp3) is 0.400. The number of hydrogen-bond donors (Lipinski definition) is 0. The lowest BCUT2D eigenvalue weighted by atomic mass is 9.96. The van der Waals surface area contributed by atoms with Crippen LogP contribution in [0, 0.1) is 0 Å². The smallest absolute Gasteiger partial charge is 0.168 e. The van der Waals surface area contributed by atoms with Gasteiger partial charge >= 0.3 is 0 Å². The molecule has 0 saturated heterocycles. The second kappa shape index (κ2) is 5.21. The number of carbonyl (C=O) groups excluding carboxylic acids is 1. The van der Waals surface area contributed by atoms with E-state index in [0.717, 1.165) is 5.56 Å². The molecule has 2 aromatic rings. The quantitative estimate of drug-likeness (QED) is 0.818. The molecule has 96 valence electrons. The highest BCUT2D eigenvalue weighted by Crippen LogP contribution is 2.27. The molecular formula is C15H18O2S. The molecule has 0 aliphatic carbocycles. The monoisotopic (exact) mass is 262 g/mol. The summed E-state index contributed by atoms with van der Waals surface area (Å²) in [6, 6.07) is 8.19. The zero-order valence-corrected chi connectivity index (χ0v) is 11.8. The molecule has 2 nitrogen and oxygen atoms in total. The molecule has 0 fully saturated rings. The Labute approximate surface area is 112 Å². The third-order valence-corrected chi connectivity index (χ3v) is 4.10. The Morgan fingerprint density at radius 1 is 1.33 bits per heavy atom. The molecule has 1 aromatic carbocycles. The van der Waals surface area contributed by atoms with Crippen LogP contribution in [-0.2, 0) is 16.0 Å². The fourth-order valence-corrected chi connectivity index (χ4v) is 2.96. The van der Waals surface area contributed by atoms with Gasteiger partial charge in [-0.2, -0.15) is 0 Å². The first-order valence-electron chi connectivity index (χ1n) is 6.17. The van der Waals surface area contributed by atoms with Crippen LogP contribution in [0.2, 0.25) is 0 Å². The summed E-state index contributed by atoms with van der Waals surface area (Å²) in [6.07, 6.45) is 0.441. The van der Waals surface area contributed by atoms with Crippen LogP contribution in [0.1, 0.15) is 26.3 Å². The van der Waals surface area contributed by atoms with E-state index in [4.69, 9.17) is 4.74 Å². The van der Waals surface area contributed by atoms with Crippen LogP contribution >= 0.6 is 11.3 Å². The van der Waals surface area contributed by atoms with Crippen molar-refractivity contribution in [2.45, 2.75) is 32.8 Å². The molecule has 0 aliphatic rings. The van der Waals surface area contributed by atoms with E-state index in [1.807, 2.05) is 32.9 Å². The summed E-state index contributed by atoms with van der Waals surface area (Å²) >= 11 is 1.69. The van der Waals surface area contributed by atoms with Crippen molar-refractivity contribution in [3.63, 3.8) is 0 Å². The number of fused-ring (bicyclic) bond motifs is 1. The Hall–Kier alpha value is -1.19. The Balaban J connectivity index is 2.21. The number of rotatable bonds is 5. The fourth-order valence-electron chi connectivity index (χ4n) is 2.00. The molecule has 1 aromatic heterocycles. The van der Waals surface area contributed by atoms with E-state index in [1.165, 1.54) is 10.1 Å². The summed E-state index contributed by atoms with van der Waals surface area (Å²) in [4.78, 5) is 12.2. The van der Waals surface area contributed by atoms with Crippen molar-refractivity contribution >= 4 is 27.2 Å². The second-order valence-electron chi connectivity index (χ2n) is 4.80. The van der Waals surface area contributed by atoms with Crippen LogP contribution in [0.3, 0.4) is 0 Å². The molecule has 0 N–H and O–H groups in total. The van der Waals surface area contributed by atoms with E-state index in [-0.39, 0.29) is 5.78 Å². The maximum absolute atomic E-state index is 12.2. The minimum Gasteiger partial charge on any atom is -0.368 e. The molecule has 0 saturated carbocycles. The van der Waals surface area contributed by atoms with Gasteiger partial charge in [0.05, 0.1) is 0 Å². The highest BCUT2D eigenvalue weighted by Gasteiger charge is 2.28. The van der Waals surface area contributed by atoms with Crippen molar-refractivity contribution in [1.29, 1.82) is 0 Å². The van der Waals surface area contributed by atoms with E-state index in [0.29, 0.717) is 13.0 Å². The third-order valence-electron chi connectivity index (χ3n) is 3.09. The number of thiophene rings is 1. The van der Waals surface area contributed by atoms with Crippen molar-refractivity contribution in [2.75, 3.05) is 6.61 Å². The van der Waals surface area contributed by atoms with Gasteiger partial charge in [0.1, 0.15) is 5.60 Å². The van der Waals surface area contributed by atoms with Crippen molar-refractivity contribution in [3.8, 4) is 0 Å². The highest BCUT2D eigenvalue weighted by molar-refractivity contribution is 7.17. The molecule has 0 amide bonds. The van der Waals surface area contributed by atoms with Gasteiger partial charge < -0.3 is 4.74 Å². The lowest BCUT2D eigenvalue weighted by molar-refractivity contribution is -0.139. The number of ketones is 1. The lowest BCUT2D eigenvalue weighted by Gasteiger charge is -2.22. The SMILES string of the molecule is CCOC(C)(C)C(=O)Cc1csc2ccccc12. The number of Topliss-reactive ketones (excluding diaryl/α,β-unsaturated/α-hetero) is 1. The predicted molar refractivity (Wildman–Crippen MR) is 76.2 cm³/mol. The summed E-state index contributed by atoms with van der Waals surface area (Å²) in [5, 5.41) is 3.26. The van der Waals surface area contributed by atoms with E-state index < -0.39 is 5.60 Å². The minimum absolute atomic E-state index is 0.132. The van der Waals surface area contributed by atoms with Crippen LogP contribution in [0.5, 0.6) is 0 Å². The zero-order chi connectivity index (χ0) is 13.2. The predicted octanol–water partition coefficient (Wildman–Crippen LogP) is 3.83. The number of carbonyl (C=O) groups is 1. The van der Waals surface area contributed by atoms with Crippen LogP contribution in [0.25, 0.3) is 10.1 Å². The summed E-state index contributed by atoms with van der Waals surface area (Å²) < 4.78 is 6.74. The first-order chi connectivity index (χ1) is 8.54. The molecule has 0 unspecified atom stereocenters. The standard InChI is InChI=1S/C15H18O2S/c1-4-17-15(2,3)14(16)9-11-10-18-13-8-6-5-7-12(11)13/h5-8,10H,4,9H2,1-3H3. The molecule has 3 heteroatoms. The van der Waals surface area contributed by atoms with E-state index in [1.54, 1.807) is 11.3 Å². The van der Waals surface area contributed by atoms with Crippen LogP contribution < -0.4 is 0 Å². The van der Waals surface area contributed by atoms with Crippen LogP contribution in [0.4, 0.5) is 0 Å². The van der Waals surface area contributed by atoms with Crippen LogP contribution in [0.15, 0.2) is 29.6 Å². The van der Waals surface area contributed by atoms with Gasteiger partial charge in [-0.3, -0.25) is 4.79 Å². The Bertz CT molecular complexity index is 554. The van der Waals surface area contributed by atoms with Gasteiger partial charge in [0, 0.05) is 17.7 Å². The van der Waals surface area contributed by atoms with Gasteiger partial charge in [-0.1, -0.05) is 18.2 Å². The maximum Gasteiger partial charge on any atom is 0.168 e. The van der Waals surface area contributed by atoms with Crippen molar-refractivity contribution in [1.82, 2.24) is 0 Å².